The van der Waals surface area contributed by atoms with Crippen molar-refractivity contribution < 1.29 is 14.2 Å². The molecule has 120 valence electrons. The molecule has 4 nitrogen and oxygen atoms in total. The lowest BCUT2D eigenvalue weighted by Gasteiger charge is -2.30. The molecule has 0 saturated carbocycles. The van der Waals surface area contributed by atoms with E-state index in [0.29, 0.717) is 10.7 Å². The smallest absolute Gasteiger partial charge is 0.208 e. The van der Waals surface area contributed by atoms with E-state index in [1.807, 2.05) is 25.1 Å². The van der Waals surface area contributed by atoms with Gasteiger partial charge in [-0.05, 0) is 43.5 Å². The van der Waals surface area contributed by atoms with Crippen LogP contribution < -0.4 is 5.73 Å². The molecule has 0 aromatic heterocycles. The van der Waals surface area contributed by atoms with Crippen LogP contribution in [0, 0.1) is 0 Å². The number of amidine groups is 1. The molecule has 2 rings (SSSR count). The SMILES string of the molecule is CCOC(O)/C(F)=C\c1cccc(C2(C)CCSC(N)=N2)c1. The standard InChI is InChI=1S/C16H21FN2O2S/c1-3-21-14(20)13(17)10-11-5-4-6-12(9-11)16(2)7-8-22-15(18)19-16/h4-6,9-10,14,20H,3,7-8H2,1-2H3,(H2,18,19)/b13-10+. The van der Waals surface area contributed by atoms with E-state index in [0.717, 1.165) is 17.7 Å². The predicted molar refractivity (Wildman–Crippen MR) is 89.2 cm³/mol. The van der Waals surface area contributed by atoms with Crippen LogP contribution in [0.5, 0.6) is 0 Å². The van der Waals surface area contributed by atoms with Gasteiger partial charge in [-0.3, -0.25) is 4.99 Å². The van der Waals surface area contributed by atoms with Crippen molar-refractivity contribution in [3.05, 3.63) is 41.2 Å². The van der Waals surface area contributed by atoms with E-state index in [4.69, 9.17) is 10.5 Å². The summed E-state index contributed by atoms with van der Waals surface area (Å²) in [5.74, 6) is 0.190. The third-order valence-corrected chi connectivity index (χ3v) is 4.36. The molecule has 0 aliphatic carbocycles. The molecule has 0 radical (unpaired) electrons. The maximum atomic E-state index is 13.8. The van der Waals surface area contributed by atoms with Crippen molar-refractivity contribution in [2.75, 3.05) is 12.4 Å². The fourth-order valence-corrected chi connectivity index (χ4v) is 3.30. The van der Waals surface area contributed by atoms with E-state index in [1.165, 1.54) is 6.08 Å². The molecule has 2 unspecified atom stereocenters. The molecule has 6 heteroatoms. The second-order valence-corrected chi connectivity index (χ2v) is 6.40. The van der Waals surface area contributed by atoms with Gasteiger partial charge in [0.1, 0.15) is 0 Å². The maximum Gasteiger partial charge on any atom is 0.208 e. The average Bonchev–Trinajstić information content (AvgIpc) is 2.47. The number of ether oxygens (including phenoxy) is 1. The number of nitrogens with two attached hydrogens (primary N) is 1. The Morgan fingerprint density at radius 3 is 3.09 bits per heavy atom. The molecule has 1 aromatic rings. The van der Waals surface area contributed by atoms with Crippen LogP contribution in [0.1, 0.15) is 31.4 Å². The summed E-state index contributed by atoms with van der Waals surface area (Å²) in [6, 6.07) is 7.45. The summed E-state index contributed by atoms with van der Waals surface area (Å²) in [5.41, 5.74) is 7.07. The van der Waals surface area contributed by atoms with Gasteiger partial charge in [0, 0.05) is 12.4 Å². The molecule has 1 aromatic carbocycles. The number of halogens is 1. The first kappa shape index (κ1) is 17.0. The van der Waals surface area contributed by atoms with Crippen molar-refractivity contribution in [1.82, 2.24) is 0 Å². The molecule has 0 fully saturated rings. The van der Waals surface area contributed by atoms with Gasteiger partial charge in [-0.25, -0.2) is 4.39 Å². The number of thioether (sulfide) groups is 1. The molecular formula is C16H21FN2O2S. The van der Waals surface area contributed by atoms with Crippen molar-refractivity contribution in [2.45, 2.75) is 32.1 Å². The number of nitrogens with zero attached hydrogens (tertiary/aromatic N) is 1. The number of benzene rings is 1. The van der Waals surface area contributed by atoms with E-state index in [9.17, 15) is 9.50 Å². The van der Waals surface area contributed by atoms with Crippen LogP contribution in [0.3, 0.4) is 0 Å². The quantitative estimate of drug-likeness (QED) is 0.817. The van der Waals surface area contributed by atoms with Crippen molar-refractivity contribution in [3.8, 4) is 0 Å². The minimum atomic E-state index is -1.52. The highest BCUT2D eigenvalue weighted by molar-refractivity contribution is 8.13. The summed E-state index contributed by atoms with van der Waals surface area (Å²) in [6.45, 7) is 3.96. The highest BCUT2D eigenvalue weighted by Crippen LogP contribution is 2.35. The Labute approximate surface area is 134 Å². The van der Waals surface area contributed by atoms with Crippen molar-refractivity contribution in [1.29, 1.82) is 0 Å². The number of hydrogen-bond acceptors (Lipinski definition) is 5. The number of aliphatic hydroxyl groups is 1. The Morgan fingerprint density at radius 2 is 2.41 bits per heavy atom. The predicted octanol–water partition coefficient (Wildman–Crippen LogP) is 3.02. The molecule has 0 saturated heterocycles. The van der Waals surface area contributed by atoms with Gasteiger partial charge in [0.25, 0.3) is 0 Å². The Balaban J connectivity index is 2.27. The van der Waals surface area contributed by atoms with Gasteiger partial charge in [0.2, 0.25) is 6.29 Å². The zero-order chi connectivity index (χ0) is 16.2. The fourth-order valence-electron chi connectivity index (χ4n) is 2.33. The molecule has 22 heavy (non-hydrogen) atoms. The summed E-state index contributed by atoms with van der Waals surface area (Å²) in [4.78, 5) is 4.54. The monoisotopic (exact) mass is 324 g/mol. The molecule has 2 atom stereocenters. The first-order valence-corrected chi connectivity index (χ1v) is 8.18. The molecule has 0 amide bonds. The van der Waals surface area contributed by atoms with Gasteiger partial charge in [0.05, 0.1) is 5.54 Å². The Kier molecular flexibility index (Phi) is 5.61. The van der Waals surface area contributed by atoms with Gasteiger partial charge in [0.15, 0.2) is 11.0 Å². The lowest BCUT2D eigenvalue weighted by atomic mass is 9.89. The van der Waals surface area contributed by atoms with Crippen molar-refractivity contribution >= 4 is 23.0 Å². The second kappa shape index (κ2) is 7.26. The molecule has 0 bridgehead atoms. The van der Waals surface area contributed by atoms with Gasteiger partial charge in [-0.1, -0.05) is 30.0 Å². The normalized spacial score (nSPS) is 24.0. The number of aliphatic imine (C=N–C) groups is 1. The van der Waals surface area contributed by atoms with E-state index >= 15 is 0 Å². The molecule has 0 spiro atoms. The van der Waals surface area contributed by atoms with Crippen LogP contribution >= 0.6 is 11.8 Å². The largest absolute Gasteiger partial charge is 0.379 e. The van der Waals surface area contributed by atoms with Crippen LogP contribution in [-0.2, 0) is 10.3 Å². The summed E-state index contributed by atoms with van der Waals surface area (Å²) >= 11 is 1.55. The number of aliphatic hydroxyl groups excluding tert-OH is 1. The van der Waals surface area contributed by atoms with Crippen molar-refractivity contribution in [2.24, 2.45) is 10.7 Å². The number of rotatable bonds is 5. The van der Waals surface area contributed by atoms with Gasteiger partial charge < -0.3 is 15.6 Å². The van der Waals surface area contributed by atoms with Crippen LogP contribution in [0.25, 0.3) is 6.08 Å². The van der Waals surface area contributed by atoms with Crippen LogP contribution in [0.15, 0.2) is 35.1 Å². The second-order valence-electron chi connectivity index (χ2n) is 5.28. The lowest BCUT2D eigenvalue weighted by molar-refractivity contribution is -0.0787. The third kappa shape index (κ3) is 4.09. The summed E-state index contributed by atoms with van der Waals surface area (Å²) in [6.07, 6.45) is 0.622. The minimum absolute atomic E-state index is 0.242. The molecule has 1 aliphatic rings. The summed E-state index contributed by atoms with van der Waals surface area (Å²) in [5, 5.41) is 10.1. The highest BCUT2D eigenvalue weighted by atomic mass is 32.2. The van der Waals surface area contributed by atoms with Crippen LogP contribution in [-0.4, -0.2) is 28.9 Å². The topological polar surface area (TPSA) is 67.8 Å². The lowest BCUT2D eigenvalue weighted by Crippen LogP contribution is -2.28. The maximum absolute atomic E-state index is 13.8. The van der Waals surface area contributed by atoms with Crippen LogP contribution in [0.4, 0.5) is 4.39 Å². The zero-order valence-electron chi connectivity index (χ0n) is 12.8. The van der Waals surface area contributed by atoms with Gasteiger partial charge >= 0.3 is 0 Å². The molecule has 1 heterocycles. The first-order valence-electron chi connectivity index (χ1n) is 7.20. The Morgan fingerprint density at radius 1 is 1.64 bits per heavy atom. The average molecular weight is 324 g/mol. The Hall–Kier alpha value is -1.37. The molecular weight excluding hydrogens is 303 g/mol. The van der Waals surface area contributed by atoms with E-state index < -0.39 is 17.7 Å². The highest BCUT2D eigenvalue weighted by Gasteiger charge is 2.29. The third-order valence-electron chi connectivity index (χ3n) is 3.57. The fraction of sp³-hybridized carbons (Fsp3) is 0.438. The first-order chi connectivity index (χ1) is 10.4. The van der Waals surface area contributed by atoms with Gasteiger partial charge in [-0.2, -0.15) is 0 Å². The van der Waals surface area contributed by atoms with E-state index in [-0.39, 0.29) is 6.61 Å². The van der Waals surface area contributed by atoms with Crippen molar-refractivity contribution in [3.63, 3.8) is 0 Å². The molecule has 1 aliphatic heterocycles. The Bertz CT molecular complexity index is 591. The van der Waals surface area contributed by atoms with Gasteiger partial charge in [-0.15, -0.1) is 0 Å². The summed E-state index contributed by atoms with van der Waals surface area (Å²) in [7, 11) is 0. The number of hydrogen-bond donors (Lipinski definition) is 2. The zero-order valence-corrected chi connectivity index (χ0v) is 13.6. The van der Waals surface area contributed by atoms with Crippen LogP contribution in [0.2, 0.25) is 0 Å². The van der Waals surface area contributed by atoms with E-state index in [1.54, 1.807) is 24.8 Å². The summed E-state index contributed by atoms with van der Waals surface area (Å²) < 4.78 is 18.7. The van der Waals surface area contributed by atoms with E-state index in [2.05, 4.69) is 4.99 Å². The molecule has 3 N–H and O–H groups in total. The minimum Gasteiger partial charge on any atom is -0.379 e.